The van der Waals surface area contributed by atoms with Crippen LogP contribution in [0.15, 0.2) is 24.4 Å². The number of morpholine rings is 1. The highest BCUT2D eigenvalue weighted by molar-refractivity contribution is 7.19. The second-order valence-corrected chi connectivity index (χ2v) is 11.6. The molecule has 1 saturated carbocycles. The number of fused-ring (bicyclic) bond motifs is 2. The second kappa shape index (κ2) is 7.88. The number of imide groups is 1. The highest BCUT2D eigenvalue weighted by Crippen LogP contribution is 2.63. The van der Waals surface area contributed by atoms with Crippen molar-refractivity contribution in [2.45, 2.75) is 40.0 Å². The van der Waals surface area contributed by atoms with Crippen LogP contribution in [0.2, 0.25) is 5.02 Å². The van der Waals surface area contributed by atoms with Crippen molar-refractivity contribution < 1.29 is 14.3 Å². The van der Waals surface area contributed by atoms with Crippen LogP contribution in [0.25, 0.3) is 21.5 Å². The van der Waals surface area contributed by atoms with Crippen LogP contribution >= 0.6 is 22.9 Å². The molecule has 3 aromatic heterocycles. The van der Waals surface area contributed by atoms with E-state index in [0.717, 1.165) is 50.2 Å². The quantitative estimate of drug-likeness (QED) is 0.541. The van der Waals surface area contributed by atoms with Gasteiger partial charge < -0.3 is 14.6 Å². The summed E-state index contributed by atoms with van der Waals surface area (Å²) in [6, 6.07) is 6.01. The summed E-state index contributed by atoms with van der Waals surface area (Å²) in [6.07, 6.45) is 1.88. The standard InChI is InChI=1S/C25H27ClN4O3S/c1-13-17(26)9-19(29(13)11-14-10-27-6-7-33-14)16-4-5-28-18-8-15(34-22(16)18)12-30-23(31)20-21(24(30)32)25(20,2)3/h4-5,8-9,14,20-21,27H,6-7,10-12H2,1-3H3/t14-,20?,21?/m0/s1. The van der Waals surface area contributed by atoms with E-state index >= 15 is 0 Å². The van der Waals surface area contributed by atoms with Crippen molar-refractivity contribution in [3.05, 3.63) is 40.0 Å². The van der Waals surface area contributed by atoms with Crippen LogP contribution in [-0.4, -0.2) is 52.1 Å². The highest BCUT2D eigenvalue weighted by Gasteiger charge is 2.72. The average molecular weight is 499 g/mol. The van der Waals surface area contributed by atoms with Gasteiger partial charge in [-0.05, 0) is 30.5 Å². The lowest BCUT2D eigenvalue weighted by atomic mass is 10.1. The first-order chi connectivity index (χ1) is 16.3. The molecule has 3 atom stereocenters. The molecular weight excluding hydrogens is 472 g/mol. The number of piperidine rings is 1. The minimum Gasteiger partial charge on any atom is -0.374 e. The fraction of sp³-hybridized carbons (Fsp3) is 0.480. The van der Waals surface area contributed by atoms with Gasteiger partial charge in [0.2, 0.25) is 11.8 Å². The van der Waals surface area contributed by atoms with Crippen LogP contribution in [-0.2, 0) is 27.4 Å². The molecular formula is C25H27ClN4O3S. The molecule has 2 saturated heterocycles. The first kappa shape index (κ1) is 22.2. The molecule has 1 N–H and O–H groups in total. The molecule has 2 unspecified atom stereocenters. The highest BCUT2D eigenvalue weighted by atomic mass is 35.5. The van der Waals surface area contributed by atoms with E-state index in [-0.39, 0.29) is 35.2 Å². The Hall–Kier alpha value is -2.26. The minimum atomic E-state index is -0.195. The monoisotopic (exact) mass is 498 g/mol. The number of rotatable bonds is 5. The lowest BCUT2D eigenvalue weighted by molar-refractivity contribution is -0.143. The molecule has 3 fully saturated rings. The summed E-state index contributed by atoms with van der Waals surface area (Å²) in [5.41, 5.74) is 3.73. The fourth-order valence-corrected chi connectivity index (χ4v) is 6.92. The Labute approximate surface area is 207 Å². The molecule has 7 nitrogen and oxygen atoms in total. The predicted molar refractivity (Wildman–Crippen MR) is 132 cm³/mol. The maximum Gasteiger partial charge on any atom is 0.234 e. The van der Waals surface area contributed by atoms with Gasteiger partial charge in [0.1, 0.15) is 0 Å². The Bertz CT molecular complexity index is 1300. The van der Waals surface area contributed by atoms with E-state index in [1.54, 1.807) is 17.5 Å². The molecule has 1 aliphatic carbocycles. The van der Waals surface area contributed by atoms with Crippen LogP contribution in [0.5, 0.6) is 0 Å². The lowest BCUT2D eigenvalue weighted by Crippen LogP contribution is -2.40. The molecule has 9 heteroatoms. The van der Waals surface area contributed by atoms with E-state index in [9.17, 15) is 9.59 Å². The van der Waals surface area contributed by atoms with Gasteiger partial charge in [-0.3, -0.25) is 19.5 Å². The molecule has 178 valence electrons. The summed E-state index contributed by atoms with van der Waals surface area (Å²) in [5.74, 6) is -0.396. The topological polar surface area (TPSA) is 76.5 Å². The Morgan fingerprint density at radius 2 is 2.03 bits per heavy atom. The third-order valence-electron chi connectivity index (χ3n) is 7.64. The van der Waals surface area contributed by atoms with Crippen LogP contribution in [0.1, 0.15) is 24.4 Å². The largest absolute Gasteiger partial charge is 0.374 e. The molecule has 0 bridgehead atoms. The summed E-state index contributed by atoms with van der Waals surface area (Å²) in [5, 5.41) is 4.11. The van der Waals surface area contributed by atoms with Crippen molar-refractivity contribution in [3.8, 4) is 11.3 Å². The number of carbonyl (C=O) groups is 2. The van der Waals surface area contributed by atoms with Crippen molar-refractivity contribution >= 4 is 45.0 Å². The van der Waals surface area contributed by atoms with Gasteiger partial charge in [-0.1, -0.05) is 25.4 Å². The molecule has 2 amide bonds. The van der Waals surface area contributed by atoms with Crippen LogP contribution < -0.4 is 5.32 Å². The maximum atomic E-state index is 12.8. The van der Waals surface area contributed by atoms with Gasteiger partial charge in [-0.15, -0.1) is 11.3 Å². The van der Waals surface area contributed by atoms with Crippen molar-refractivity contribution in [2.75, 3.05) is 19.7 Å². The first-order valence-electron chi connectivity index (χ1n) is 11.7. The van der Waals surface area contributed by atoms with Gasteiger partial charge in [0.05, 0.1) is 58.6 Å². The summed E-state index contributed by atoms with van der Waals surface area (Å²) in [6.45, 7) is 9.43. The number of nitrogens with one attached hydrogen (secondary N) is 1. The first-order valence-corrected chi connectivity index (χ1v) is 12.9. The Kier molecular flexibility index (Phi) is 5.15. The van der Waals surface area contributed by atoms with E-state index in [0.29, 0.717) is 19.7 Å². The molecule has 6 rings (SSSR count). The van der Waals surface area contributed by atoms with Crippen LogP contribution in [0.3, 0.4) is 0 Å². The number of nitrogens with zero attached hydrogens (tertiary/aromatic N) is 3. The maximum absolute atomic E-state index is 12.8. The van der Waals surface area contributed by atoms with E-state index in [1.165, 1.54) is 4.90 Å². The number of hydrogen-bond acceptors (Lipinski definition) is 6. The second-order valence-electron chi connectivity index (χ2n) is 10.1. The van der Waals surface area contributed by atoms with Gasteiger partial charge in [0, 0.05) is 35.4 Å². The van der Waals surface area contributed by atoms with Crippen LogP contribution in [0.4, 0.5) is 0 Å². The summed E-state index contributed by atoms with van der Waals surface area (Å²) in [4.78, 5) is 32.6. The number of halogens is 1. The molecule has 0 radical (unpaired) electrons. The molecule has 34 heavy (non-hydrogen) atoms. The molecule has 3 aliphatic rings. The SMILES string of the molecule is Cc1c(Cl)cc(-c2ccnc3cc(CN4C(=O)C5C(C4=O)C5(C)C)sc23)n1C[C@@H]1CNCCO1. The molecule has 0 aromatic carbocycles. The Morgan fingerprint density at radius 1 is 1.26 bits per heavy atom. The Morgan fingerprint density at radius 3 is 2.74 bits per heavy atom. The minimum absolute atomic E-state index is 0.0389. The normalized spacial score (nSPS) is 25.9. The number of amides is 2. The fourth-order valence-electron chi connectivity index (χ4n) is 5.59. The molecule has 5 heterocycles. The third kappa shape index (κ3) is 3.34. The number of carbonyl (C=O) groups excluding carboxylic acids is 2. The summed E-state index contributed by atoms with van der Waals surface area (Å²) < 4.78 is 9.19. The zero-order valence-corrected chi connectivity index (χ0v) is 21.0. The van der Waals surface area contributed by atoms with Gasteiger partial charge >= 0.3 is 0 Å². The predicted octanol–water partition coefficient (Wildman–Crippen LogP) is 3.86. The van der Waals surface area contributed by atoms with Gasteiger partial charge in [-0.25, -0.2) is 0 Å². The number of likely N-dealkylation sites (tertiary alicyclic amines) is 1. The zero-order chi connectivity index (χ0) is 23.8. The molecule has 3 aromatic rings. The zero-order valence-electron chi connectivity index (χ0n) is 19.4. The third-order valence-corrected chi connectivity index (χ3v) is 9.16. The van der Waals surface area contributed by atoms with E-state index < -0.39 is 0 Å². The number of ether oxygens (including phenoxy) is 1. The van der Waals surface area contributed by atoms with Crippen molar-refractivity contribution in [3.63, 3.8) is 0 Å². The van der Waals surface area contributed by atoms with Crippen molar-refractivity contribution in [1.82, 2.24) is 19.8 Å². The number of pyridine rings is 1. The van der Waals surface area contributed by atoms with Crippen molar-refractivity contribution in [2.24, 2.45) is 17.3 Å². The van der Waals surface area contributed by atoms with E-state index in [4.69, 9.17) is 16.3 Å². The number of aromatic nitrogens is 2. The Balaban J connectivity index is 1.33. The van der Waals surface area contributed by atoms with Crippen LogP contribution in [0, 0.1) is 24.2 Å². The van der Waals surface area contributed by atoms with Gasteiger partial charge in [0.25, 0.3) is 0 Å². The number of thiophene rings is 1. The number of hydrogen-bond donors (Lipinski definition) is 1. The summed E-state index contributed by atoms with van der Waals surface area (Å²) in [7, 11) is 0. The van der Waals surface area contributed by atoms with E-state index in [1.807, 2.05) is 39.0 Å². The lowest BCUT2D eigenvalue weighted by Gasteiger charge is -2.25. The average Bonchev–Trinajstić information content (AvgIpc) is 3.08. The molecule has 2 aliphatic heterocycles. The van der Waals surface area contributed by atoms with Gasteiger partial charge in [0.15, 0.2) is 0 Å². The summed E-state index contributed by atoms with van der Waals surface area (Å²) >= 11 is 8.16. The smallest absolute Gasteiger partial charge is 0.234 e. The van der Waals surface area contributed by atoms with Crippen molar-refractivity contribution in [1.29, 1.82) is 0 Å². The van der Waals surface area contributed by atoms with E-state index in [2.05, 4.69) is 14.9 Å². The molecule has 0 spiro atoms. The van der Waals surface area contributed by atoms with Gasteiger partial charge in [-0.2, -0.15) is 0 Å².